The van der Waals surface area contributed by atoms with Crippen molar-refractivity contribution in [1.29, 1.82) is 5.26 Å². The number of aromatic nitrogens is 1. The highest BCUT2D eigenvalue weighted by molar-refractivity contribution is 7.13. The number of ether oxygens (including phenoxy) is 1. The van der Waals surface area contributed by atoms with Crippen molar-refractivity contribution in [3.05, 3.63) is 35.3 Å². The Labute approximate surface area is 129 Å². The Morgan fingerprint density at radius 1 is 1.48 bits per heavy atom. The van der Waals surface area contributed by atoms with Crippen LogP contribution in [0.4, 0.5) is 0 Å². The monoisotopic (exact) mass is 301 g/mol. The van der Waals surface area contributed by atoms with Gasteiger partial charge >= 0.3 is 0 Å². The molecule has 0 fully saturated rings. The molecule has 0 aliphatic heterocycles. The van der Waals surface area contributed by atoms with Crippen molar-refractivity contribution in [2.45, 2.75) is 13.5 Å². The number of nitrogens with zero attached hydrogens (tertiary/aromatic N) is 3. The van der Waals surface area contributed by atoms with Crippen LogP contribution in [0.3, 0.4) is 0 Å². The third kappa shape index (κ3) is 4.28. The number of benzene rings is 1. The first-order valence-electron chi connectivity index (χ1n) is 6.79. The van der Waals surface area contributed by atoms with Crippen molar-refractivity contribution in [3.63, 3.8) is 0 Å². The van der Waals surface area contributed by atoms with Crippen LogP contribution in [0.25, 0.3) is 10.6 Å². The largest absolute Gasteiger partial charge is 0.497 e. The minimum atomic E-state index is 0.0338. The molecule has 5 heteroatoms. The Morgan fingerprint density at radius 3 is 3.00 bits per heavy atom. The average molecular weight is 301 g/mol. The van der Waals surface area contributed by atoms with Gasteiger partial charge in [0.2, 0.25) is 0 Å². The van der Waals surface area contributed by atoms with E-state index < -0.39 is 0 Å². The van der Waals surface area contributed by atoms with Gasteiger partial charge in [-0.05, 0) is 26.1 Å². The second kappa shape index (κ2) is 7.21. The molecule has 2 aromatic rings. The summed E-state index contributed by atoms with van der Waals surface area (Å²) in [6, 6.07) is 10.2. The SMILES string of the molecule is COc1cccc(-c2nc(CN(C)C[C@H](C)C#N)cs2)c1. The van der Waals surface area contributed by atoms with Crippen LogP contribution in [0.15, 0.2) is 29.6 Å². The van der Waals surface area contributed by atoms with Gasteiger partial charge in [-0.25, -0.2) is 4.98 Å². The summed E-state index contributed by atoms with van der Waals surface area (Å²) < 4.78 is 5.24. The third-order valence-electron chi connectivity index (χ3n) is 3.11. The lowest BCUT2D eigenvalue weighted by atomic mass is 10.2. The lowest BCUT2D eigenvalue weighted by molar-refractivity contribution is 0.300. The lowest BCUT2D eigenvalue weighted by Gasteiger charge is -2.16. The molecule has 0 N–H and O–H groups in total. The maximum Gasteiger partial charge on any atom is 0.123 e. The molecule has 21 heavy (non-hydrogen) atoms. The molecule has 0 saturated carbocycles. The molecular formula is C16H19N3OS. The molecule has 0 unspecified atom stereocenters. The Morgan fingerprint density at radius 2 is 2.29 bits per heavy atom. The van der Waals surface area contributed by atoms with Crippen molar-refractivity contribution >= 4 is 11.3 Å². The number of nitriles is 1. The van der Waals surface area contributed by atoms with Gasteiger partial charge in [0.25, 0.3) is 0 Å². The van der Waals surface area contributed by atoms with E-state index >= 15 is 0 Å². The van der Waals surface area contributed by atoms with E-state index in [9.17, 15) is 0 Å². The minimum absolute atomic E-state index is 0.0338. The molecule has 1 aromatic heterocycles. The fraction of sp³-hybridized carbons (Fsp3) is 0.375. The van der Waals surface area contributed by atoms with Gasteiger partial charge in [-0.2, -0.15) is 5.26 Å². The first-order valence-corrected chi connectivity index (χ1v) is 7.67. The summed E-state index contributed by atoms with van der Waals surface area (Å²) in [5.74, 6) is 0.871. The van der Waals surface area contributed by atoms with E-state index in [1.54, 1.807) is 18.4 Å². The van der Waals surface area contributed by atoms with Crippen LogP contribution in [-0.2, 0) is 6.54 Å². The summed E-state index contributed by atoms with van der Waals surface area (Å²) >= 11 is 1.63. The smallest absolute Gasteiger partial charge is 0.123 e. The van der Waals surface area contributed by atoms with Crippen LogP contribution in [0.5, 0.6) is 5.75 Å². The maximum atomic E-state index is 8.85. The predicted molar refractivity (Wildman–Crippen MR) is 85.2 cm³/mol. The highest BCUT2D eigenvalue weighted by Gasteiger charge is 2.10. The van der Waals surface area contributed by atoms with Crippen LogP contribution >= 0.6 is 11.3 Å². The second-order valence-corrected chi connectivity index (χ2v) is 5.96. The van der Waals surface area contributed by atoms with E-state index in [-0.39, 0.29) is 5.92 Å². The van der Waals surface area contributed by atoms with E-state index in [1.807, 2.05) is 38.2 Å². The summed E-state index contributed by atoms with van der Waals surface area (Å²) in [6.45, 7) is 3.44. The normalized spacial score (nSPS) is 12.1. The van der Waals surface area contributed by atoms with Gasteiger partial charge in [0.05, 0.1) is 24.8 Å². The van der Waals surface area contributed by atoms with E-state index in [0.717, 1.165) is 35.1 Å². The van der Waals surface area contributed by atoms with E-state index in [0.29, 0.717) is 0 Å². The minimum Gasteiger partial charge on any atom is -0.497 e. The maximum absolute atomic E-state index is 8.85. The van der Waals surface area contributed by atoms with Crippen LogP contribution < -0.4 is 4.74 Å². The van der Waals surface area contributed by atoms with Crippen molar-refractivity contribution in [2.75, 3.05) is 20.7 Å². The van der Waals surface area contributed by atoms with Crippen molar-refractivity contribution in [2.24, 2.45) is 5.92 Å². The van der Waals surface area contributed by atoms with Gasteiger partial charge in [-0.1, -0.05) is 12.1 Å². The highest BCUT2D eigenvalue weighted by atomic mass is 32.1. The molecule has 1 heterocycles. The zero-order valence-corrected chi connectivity index (χ0v) is 13.4. The van der Waals surface area contributed by atoms with E-state index in [1.165, 1.54) is 0 Å². The Kier molecular flexibility index (Phi) is 5.32. The topological polar surface area (TPSA) is 49.1 Å². The molecule has 0 saturated heterocycles. The van der Waals surface area contributed by atoms with Crippen LogP contribution in [0.2, 0.25) is 0 Å². The molecule has 0 bridgehead atoms. The third-order valence-corrected chi connectivity index (χ3v) is 4.05. The van der Waals surface area contributed by atoms with Gasteiger partial charge in [-0.3, -0.25) is 4.90 Å². The molecular weight excluding hydrogens is 282 g/mol. The van der Waals surface area contributed by atoms with Crippen molar-refractivity contribution < 1.29 is 4.74 Å². The number of hydrogen-bond acceptors (Lipinski definition) is 5. The molecule has 0 radical (unpaired) electrons. The summed E-state index contributed by atoms with van der Waals surface area (Å²) in [4.78, 5) is 6.79. The standard InChI is InChI=1S/C16H19N3OS/c1-12(8-17)9-19(2)10-14-11-21-16(18-14)13-5-4-6-15(7-13)20-3/h4-7,11-12H,9-10H2,1-3H3/t12-/m1/s1. The molecule has 0 spiro atoms. The number of hydrogen-bond donors (Lipinski definition) is 0. The summed E-state index contributed by atoms with van der Waals surface area (Å²) in [5.41, 5.74) is 2.10. The fourth-order valence-corrected chi connectivity index (χ4v) is 2.93. The van der Waals surface area contributed by atoms with Gasteiger partial charge in [-0.15, -0.1) is 11.3 Å². The Hall–Kier alpha value is -1.90. The lowest BCUT2D eigenvalue weighted by Crippen LogP contribution is -2.23. The zero-order chi connectivity index (χ0) is 15.2. The summed E-state index contributed by atoms with van der Waals surface area (Å²) in [6.07, 6.45) is 0. The van der Waals surface area contributed by atoms with Gasteiger partial charge in [0, 0.05) is 24.0 Å². The first-order chi connectivity index (χ1) is 10.1. The molecule has 110 valence electrons. The number of thiazole rings is 1. The number of methoxy groups -OCH3 is 1. The quantitative estimate of drug-likeness (QED) is 0.820. The van der Waals surface area contributed by atoms with Gasteiger partial charge in [0.15, 0.2) is 0 Å². The highest BCUT2D eigenvalue weighted by Crippen LogP contribution is 2.27. The summed E-state index contributed by atoms with van der Waals surface area (Å²) in [7, 11) is 3.68. The molecule has 4 nitrogen and oxygen atoms in total. The van der Waals surface area contributed by atoms with E-state index in [4.69, 9.17) is 10.00 Å². The van der Waals surface area contributed by atoms with Crippen molar-refractivity contribution in [1.82, 2.24) is 9.88 Å². The molecule has 2 rings (SSSR count). The molecule has 0 amide bonds. The molecule has 0 aliphatic carbocycles. The molecule has 1 aromatic carbocycles. The summed E-state index contributed by atoms with van der Waals surface area (Å²) in [5, 5.41) is 11.9. The Balaban J connectivity index is 2.06. The van der Waals surface area contributed by atoms with E-state index in [2.05, 4.69) is 21.3 Å². The van der Waals surface area contributed by atoms with Crippen LogP contribution in [0.1, 0.15) is 12.6 Å². The second-order valence-electron chi connectivity index (χ2n) is 5.10. The van der Waals surface area contributed by atoms with Gasteiger partial charge < -0.3 is 4.74 Å². The predicted octanol–water partition coefficient (Wildman–Crippen LogP) is 3.41. The fourth-order valence-electron chi connectivity index (χ4n) is 2.12. The van der Waals surface area contributed by atoms with Crippen molar-refractivity contribution in [3.8, 4) is 22.4 Å². The average Bonchev–Trinajstić information content (AvgIpc) is 2.95. The number of rotatable bonds is 6. The van der Waals surface area contributed by atoms with Crippen LogP contribution in [0, 0.1) is 17.2 Å². The molecule has 0 aliphatic rings. The van der Waals surface area contributed by atoms with Crippen LogP contribution in [-0.4, -0.2) is 30.6 Å². The van der Waals surface area contributed by atoms with Gasteiger partial charge in [0.1, 0.15) is 10.8 Å². The Bertz CT molecular complexity index is 632. The molecule has 1 atom stereocenters. The first kappa shape index (κ1) is 15.5. The zero-order valence-electron chi connectivity index (χ0n) is 12.5.